The van der Waals surface area contributed by atoms with Gasteiger partial charge in [-0.25, -0.2) is 28.9 Å². The number of aromatic amines is 2. The van der Waals surface area contributed by atoms with Crippen LogP contribution in [0.25, 0.3) is 0 Å². The molecule has 0 aliphatic carbocycles. The van der Waals surface area contributed by atoms with Crippen LogP contribution in [0.5, 0.6) is 5.75 Å². The molecule has 2 fully saturated rings. The van der Waals surface area contributed by atoms with Crippen molar-refractivity contribution in [3.63, 3.8) is 0 Å². The van der Waals surface area contributed by atoms with E-state index in [0.29, 0.717) is 5.75 Å². The van der Waals surface area contributed by atoms with Crippen molar-refractivity contribution in [3.05, 3.63) is 96.5 Å². The Morgan fingerprint density at radius 2 is 1.27 bits per heavy atom. The highest BCUT2D eigenvalue weighted by Gasteiger charge is 2.54. The number of benzene rings is 1. The lowest BCUT2D eigenvalue weighted by molar-refractivity contribution is -0.149. The molecule has 21 nitrogen and oxygen atoms in total. The normalized spacial score (nSPS) is 27.4. The number of aliphatic hydroxyl groups is 1. The minimum Gasteiger partial charge on any atom is -0.462 e. The van der Waals surface area contributed by atoms with Gasteiger partial charge in [-0.05, 0) is 53.7 Å². The van der Waals surface area contributed by atoms with Crippen molar-refractivity contribution in [1.82, 2.24) is 34.8 Å². The molecule has 6 N–H and O–H groups in total. The van der Waals surface area contributed by atoms with Gasteiger partial charge in [0.2, 0.25) is 0 Å². The van der Waals surface area contributed by atoms with Crippen molar-refractivity contribution in [2.75, 3.05) is 26.5 Å². The molecule has 0 unspecified atom stereocenters. The maximum atomic E-state index is 15.4. The van der Waals surface area contributed by atoms with Gasteiger partial charge in [0.25, 0.3) is 18.6 Å². The van der Waals surface area contributed by atoms with Gasteiger partial charge in [-0.3, -0.25) is 47.4 Å². The summed E-state index contributed by atoms with van der Waals surface area (Å²) in [5, 5.41) is 14.3. The van der Waals surface area contributed by atoms with Gasteiger partial charge in [-0.15, -0.1) is 0 Å². The number of rotatable bonds is 17. The number of carbonyl (C=O) groups is 2. The predicted octanol–water partition coefficient (Wildman–Crippen LogP) is 3.95. The van der Waals surface area contributed by atoms with E-state index in [1.165, 1.54) is 40.3 Å². The summed E-state index contributed by atoms with van der Waals surface area (Å²) in [6.45, 7) is 18.3. The highest BCUT2D eigenvalue weighted by molar-refractivity contribution is 7.56. The molecule has 5 rings (SSSR count). The maximum absolute atomic E-state index is 15.4. The van der Waals surface area contributed by atoms with Crippen LogP contribution in [-0.4, -0.2) is 104 Å². The molecule has 25 heteroatoms. The van der Waals surface area contributed by atoms with Gasteiger partial charge in [0.05, 0.1) is 37.6 Å². The number of ketones is 1. The fourth-order valence-electron chi connectivity index (χ4n) is 6.78. The Bertz CT molecular complexity index is 2460. The van der Waals surface area contributed by atoms with E-state index in [-0.39, 0.29) is 31.0 Å². The summed E-state index contributed by atoms with van der Waals surface area (Å²) >= 11 is 0. The van der Waals surface area contributed by atoms with Crippen molar-refractivity contribution in [2.45, 2.75) is 123 Å². The van der Waals surface area contributed by atoms with Gasteiger partial charge >= 0.3 is 24.9 Å². The first-order chi connectivity index (χ1) is 30.9. The van der Waals surface area contributed by atoms with Crippen LogP contribution in [0.15, 0.2) is 74.0 Å². The molecular weight excluding hydrogens is 926 g/mol. The summed E-state index contributed by atoms with van der Waals surface area (Å²) in [7, 11) is -6.50. The fraction of sp³-hybridized carbons (Fsp3) is 0.619. The molecular formula is C42H65F2N7O14P2. The predicted molar refractivity (Wildman–Crippen MR) is 244 cm³/mol. The minimum absolute atomic E-state index is 0.0483. The van der Waals surface area contributed by atoms with Crippen molar-refractivity contribution in [1.29, 1.82) is 0 Å². The largest absolute Gasteiger partial charge is 0.462 e. The standard InChI is InChI=1S/C18H29FN3O7P.C13H21N2O3P.C11H15FN2O4/c1-10(2)28-15(24)12(4)21-30(6,26)27-9-13-11(3)18(5,19)16(29-13)22-8-7-14(23)20-17(22)25;1-10(2)13(16)11(3)14-15-19(4,17)18-12-8-6-5-7-9-12;1-6-7(5-15)18-9(11(6,2)12)14-4-3-8(16)13-10(14)17/h7-8,10-13,16H,9H2,1-6H3,(H,21,26)(H,20,23,25);5-11,14H,1-4H3,(H,15,17);3-4,6-7,9,15H,5H2,1-2H3,(H,13,16,17)/t11-,12+,13-,16-,18-,30-;11-,19+;6-,7-,9-,11-/m101/s1. The van der Waals surface area contributed by atoms with Crippen LogP contribution in [0.1, 0.15) is 81.7 Å². The van der Waals surface area contributed by atoms with Crippen LogP contribution < -0.4 is 42.7 Å². The van der Waals surface area contributed by atoms with Gasteiger partial charge in [-0.1, -0.05) is 45.9 Å². The van der Waals surface area contributed by atoms with Gasteiger partial charge in [0.15, 0.2) is 29.6 Å². The van der Waals surface area contributed by atoms with E-state index in [1.807, 2.05) is 24.9 Å². The lowest BCUT2D eigenvalue weighted by Gasteiger charge is -2.25. The Labute approximate surface area is 386 Å². The number of Topliss-reactive ketones (excluding diaryl/α,β-unsaturated/α-hetero) is 1. The number of nitrogens with one attached hydrogen (secondary N) is 5. The molecule has 376 valence electrons. The molecule has 2 aliphatic rings. The summed E-state index contributed by atoms with van der Waals surface area (Å²) in [6.07, 6.45) is -1.92. The molecule has 67 heavy (non-hydrogen) atoms. The van der Waals surface area contributed by atoms with Crippen molar-refractivity contribution in [2.24, 2.45) is 17.8 Å². The Morgan fingerprint density at radius 3 is 1.70 bits per heavy atom. The third-order valence-corrected chi connectivity index (χ3v) is 13.6. The van der Waals surface area contributed by atoms with E-state index < -0.39 is 103 Å². The van der Waals surface area contributed by atoms with Crippen LogP contribution in [0.3, 0.4) is 0 Å². The number of hydrazine groups is 1. The third kappa shape index (κ3) is 15.8. The van der Waals surface area contributed by atoms with Crippen molar-refractivity contribution >= 4 is 26.8 Å². The molecule has 3 aromatic rings. The van der Waals surface area contributed by atoms with E-state index in [2.05, 4.69) is 20.7 Å². The first-order valence-electron chi connectivity index (χ1n) is 21.5. The van der Waals surface area contributed by atoms with Crippen LogP contribution in [-0.2, 0) is 37.5 Å². The SMILES string of the molecule is CC(C)C(=O)[C@H](C)NN[P@](C)(=O)Oc1ccccc1.CC(C)OC(=O)[C@H](C)N[P@](C)(=O)OC[C@H]1O[C@@H](n2ccc(=O)[nH]c2=O)[C@](C)(F)[C@@H]1C.C[C@@H]1[C@@H](CO)O[C@@H](n2ccc(=O)[nH]c2=O)[C@]1(C)F. The van der Waals surface area contributed by atoms with Crippen molar-refractivity contribution in [3.8, 4) is 5.75 Å². The zero-order chi connectivity index (χ0) is 50.8. The summed E-state index contributed by atoms with van der Waals surface area (Å²) in [5.74, 6) is -1.36. The molecule has 2 saturated heterocycles. The number of para-hydroxylation sites is 1. The molecule has 2 aliphatic heterocycles. The van der Waals surface area contributed by atoms with Gasteiger partial charge in [0, 0.05) is 55.6 Å². The van der Waals surface area contributed by atoms with Crippen LogP contribution in [0, 0.1) is 17.8 Å². The molecule has 0 saturated carbocycles. The Balaban J connectivity index is 0.000000280. The number of ether oxygens (including phenoxy) is 3. The average Bonchev–Trinajstić information content (AvgIpc) is 3.60. The second-order valence-corrected chi connectivity index (χ2v) is 21.7. The zero-order valence-electron chi connectivity index (χ0n) is 39.7. The van der Waals surface area contributed by atoms with E-state index >= 15 is 4.39 Å². The zero-order valence-corrected chi connectivity index (χ0v) is 41.5. The number of aliphatic hydroxyl groups excluding tert-OH is 1. The van der Waals surface area contributed by atoms with Crippen LogP contribution in [0.4, 0.5) is 8.78 Å². The molecule has 4 heterocycles. The molecule has 0 radical (unpaired) electrons. The summed E-state index contributed by atoms with van der Waals surface area (Å²) < 4.78 is 83.7. The smallest absolute Gasteiger partial charge is 0.330 e. The number of nitrogens with zero attached hydrogens (tertiary/aromatic N) is 2. The lowest BCUT2D eigenvalue weighted by Crippen LogP contribution is -2.44. The lowest BCUT2D eigenvalue weighted by atomic mass is 9.90. The van der Waals surface area contributed by atoms with Crippen LogP contribution in [0.2, 0.25) is 0 Å². The molecule has 0 bridgehead atoms. The highest BCUT2D eigenvalue weighted by atomic mass is 31.2. The summed E-state index contributed by atoms with van der Waals surface area (Å²) in [5.41, 5.74) is -3.73. The Hall–Kier alpha value is -4.44. The van der Waals surface area contributed by atoms with E-state index in [0.717, 1.165) is 27.5 Å². The van der Waals surface area contributed by atoms with E-state index in [9.17, 15) is 42.3 Å². The maximum Gasteiger partial charge on any atom is 0.330 e. The summed E-state index contributed by atoms with van der Waals surface area (Å²) in [4.78, 5) is 73.6. The highest BCUT2D eigenvalue weighted by Crippen LogP contribution is 2.47. The molecule has 0 amide bonds. The third-order valence-electron chi connectivity index (χ3n) is 11.0. The minimum atomic E-state index is -3.44. The van der Waals surface area contributed by atoms with E-state index in [4.69, 9.17) is 28.4 Å². The van der Waals surface area contributed by atoms with Gasteiger partial charge in [0.1, 0.15) is 11.8 Å². The summed E-state index contributed by atoms with van der Waals surface area (Å²) in [6, 6.07) is 9.82. The Morgan fingerprint density at radius 1 is 0.791 bits per heavy atom. The van der Waals surface area contributed by atoms with Gasteiger partial charge < -0.3 is 28.4 Å². The number of H-pyrrole nitrogens is 2. The van der Waals surface area contributed by atoms with E-state index in [1.54, 1.807) is 58.9 Å². The quantitative estimate of drug-likeness (QED) is 0.0634. The molecule has 1 aromatic carbocycles. The number of hydrogen-bond acceptors (Lipinski definition) is 15. The fourth-order valence-corrected chi connectivity index (χ4v) is 9.09. The monoisotopic (exact) mass is 991 g/mol. The van der Waals surface area contributed by atoms with Gasteiger partial charge in [-0.2, -0.15) is 5.20 Å². The average molecular weight is 992 g/mol. The number of esters is 1. The molecule has 0 spiro atoms. The second-order valence-electron chi connectivity index (χ2n) is 17.4. The number of carbonyl (C=O) groups excluding carboxylic acids is 2. The van der Waals surface area contributed by atoms with Crippen molar-refractivity contribution < 1.29 is 55.9 Å². The molecule has 12 atom stereocenters. The first kappa shape index (κ1) is 56.9. The number of halogens is 2. The first-order valence-corrected chi connectivity index (χ1v) is 25.6. The van der Waals surface area contributed by atoms with Crippen LogP contribution >= 0.6 is 15.0 Å². The Kier molecular flexibility index (Phi) is 20.1. The molecule has 2 aromatic heterocycles. The second kappa shape index (κ2) is 23.7. The number of hydrogen-bond donors (Lipinski definition) is 6. The number of alkyl halides is 2. The topological polar surface area (TPSA) is 280 Å². The number of aromatic nitrogens is 4.